The molecule has 0 saturated heterocycles. The van der Waals surface area contributed by atoms with Gasteiger partial charge in [0.15, 0.2) is 0 Å². The van der Waals surface area contributed by atoms with E-state index >= 15 is 0 Å². The Kier molecular flexibility index (Phi) is 3.37. The van der Waals surface area contributed by atoms with Crippen molar-refractivity contribution in [1.29, 1.82) is 0 Å². The first kappa shape index (κ1) is 11.8. The Labute approximate surface area is 101 Å². The lowest BCUT2D eigenvalue weighted by molar-refractivity contribution is -0.122. The number of aromatic amines is 2. The minimum absolute atomic E-state index is 0.233. The molecule has 2 aromatic rings. The van der Waals surface area contributed by atoms with Crippen molar-refractivity contribution in [3.8, 4) is 0 Å². The molecule has 0 unspecified atom stereocenters. The number of nitrogens with zero attached hydrogens (tertiary/aromatic N) is 2. The molecule has 8 nitrogen and oxygen atoms in total. The summed E-state index contributed by atoms with van der Waals surface area (Å²) >= 11 is 0. The predicted octanol–water partition coefficient (Wildman–Crippen LogP) is -1.42. The van der Waals surface area contributed by atoms with Crippen LogP contribution in [0.3, 0.4) is 0 Å². The highest BCUT2D eigenvalue weighted by Crippen LogP contribution is 1.88. The highest BCUT2D eigenvalue weighted by atomic mass is 16.2. The molecule has 0 aliphatic carbocycles. The lowest BCUT2D eigenvalue weighted by Gasteiger charge is -2.05. The van der Waals surface area contributed by atoms with Crippen molar-refractivity contribution >= 4 is 5.91 Å². The van der Waals surface area contributed by atoms with Crippen LogP contribution in [-0.2, 0) is 17.9 Å². The van der Waals surface area contributed by atoms with Crippen molar-refractivity contribution in [3.63, 3.8) is 0 Å². The topological polar surface area (TPSA) is 113 Å². The summed E-state index contributed by atoms with van der Waals surface area (Å²) in [5.41, 5.74) is -0.125. The number of carbonyl (C=O) groups is 1. The van der Waals surface area contributed by atoms with Gasteiger partial charge in [0, 0.05) is 18.3 Å². The van der Waals surface area contributed by atoms with Gasteiger partial charge in [-0.2, -0.15) is 0 Å². The molecule has 0 aliphatic rings. The first-order chi connectivity index (χ1) is 8.65. The highest BCUT2D eigenvalue weighted by Gasteiger charge is 2.05. The third kappa shape index (κ3) is 2.94. The molecule has 8 heteroatoms. The van der Waals surface area contributed by atoms with E-state index in [4.69, 9.17) is 0 Å². The molecule has 18 heavy (non-hydrogen) atoms. The minimum atomic E-state index is -0.439. The SMILES string of the molecule is O=C(Cn1[nH]c(=O)ccc1=O)NCc1cnc[nH]1. The molecular weight excluding hydrogens is 238 g/mol. The molecule has 2 heterocycles. The second kappa shape index (κ2) is 5.13. The largest absolute Gasteiger partial charge is 0.349 e. The number of nitrogens with one attached hydrogen (secondary N) is 3. The average molecular weight is 249 g/mol. The Bertz CT molecular complexity index is 640. The predicted molar refractivity (Wildman–Crippen MR) is 61.8 cm³/mol. The van der Waals surface area contributed by atoms with Gasteiger partial charge in [-0.05, 0) is 0 Å². The van der Waals surface area contributed by atoms with Gasteiger partial charge in [-0.15, -0.1) is 0 Å². The summed E-state index contributed by atoms with van der Waals surface area (Å²) in [5.74, 6) is -0.381. The maximum absolute atomic E-state index is 11.5. The van der Waals surface area contributed by atoms with E-state index in [0.29, 0.717) is 0 Å². The lowest BCUT2D eigenvalue weighted by Crippen LogP contribution is -2.35. The zero-order chi connectivity index (χ0) is 13.0. The van der Waals surface area contributed by atoms with Crippen LogP contribution in [0.4, 0.5) is 0 Å². The molecule has 1 amide bonds. The second-order valence-electron chi connectivity index (χ2n) is 3.59. The molecule has 0 aliphatic heterocycles. The van der Waals surface area contributed by atoms with E-state index in [-0.39, 0.29) is 19.0 Å². The van der Waals surface area contributed by atoms with Gasteiger partial charge in [0.2, 0.25) is 5.91 Å². The fourth-order valence-corrected chi connectivity index (χ4v) is 1.35. The summed E-state index contributed by atoms with van der Waals surface area (Å²) in [4.78, 5) is 40.5. The number of rotatable bonds is 4. The van der Waals surface area contributed by atoms with E-state index in [1.54, 1.807) is 6.20 Å². The molecule has 0 saturated carbocycles. The quantitative estimate of drug-likeness (QED) is 0.617. The number of amides is 1. The van der Waals surface area contributed by atoms with Gasteiger partial charge in [-0.1, -0.05) is 0 Å². The normalized spacial score (nSPS) is 10.2. The summed E-state index contributed by atoms with van der Waals surface area (Å²) in [5, 5.41) is 4.86. The molecule has 0 spiro atoms. The number of imidazole rings is 1. The molecule has 0 aromatic carbocycles. The van der Waals surface area contributed by atoms with Gasteiger partial charge in [-0.3, -0.25) is 19.5 Å². The van der Waals surface area contributed by atoms with E-state index in [0.717, 1.165) is 22.5 Å². The van der Waals surface area contributed by atoms with Gasteiger partial charge in [0.25, 0.3) is 11.1 Å². The third-order valence-corrected chi connectivity index (χ3v) is 2.22. The minimum Gasteiger partial charge on any atom is -0.349 e. The van der Waals surface area contributed by atoms with Gasteiger partial charge in [0.05, 0.1) is 18.6 Å². The summed E-state index contributed by atoms with van der Waals surface area (Å²) < 4.78 is 0.949. The number of aromatic nitrogens is 4. The molecule has 0 atom stereocenters. The van der Waals surface area contributed by atoms with E-state index in [1.807, 2.05) is 0 Å². The molecule has 2 aromatic heterocycles. The smallest absolute Gasteiger partial charge is 0.265 e. The van der Waals surface area contributed by atoms with Gasteiger partial charge < -0.3 is 10.3 Å². The van der Waals surface area contributed by atoms with Gasteiger partial charge in [0.1, 0.15) is 6.54 Å². The van der Waals surface area contributed by atoms with Crippen molar-refractivity contribution in [3.05, 3.63) is 51.1 Å². The standard InChI is InChI=1S/C10H11N5O3/c16-8-1-2-10(18)15(14-8)5-9(17)12-4-7-3-11-6-13-7/h1-3,6H,4-5H2,(H,11,13)(H,12,17)(H,14,16). The van der Waals surface area contributed by atoms with Gasteiger partial charge >= 0.3 is 0 Å². The van der Waals surface area contributed by atoms with Crippen molar-refractivity contribution in [2.45, 2.75) is 13.1 Å². The summed E-state index contributed by atoms with van der Waals surface area (Å²) in [6, 6.07) is 2.22. The van der Waals surface area contributed by atoms with Crippen molar-refractivity contribution in [2.75, 3.05) is 0 Å². The van der Waals surface area contributed by atoms with E-state index in [9.17, 15) is 14.4 Å². The Morgan fingerprint density at radius 1 is 1.39 bits per heavy atom. The summed E-state index contributed by atoms with van der Waals surface area (Å²) in [7, 11) is 0. The average Bonchev–Trinajstić information content (AvgIpc) is 2.84. The van der Waals surface area contributed by atoms with Crippen molar-refractivity contribution < 1.29 is 4.79 Å². The molecule has 94 valence electrons. The Balaban J connectivity index is 1.97. The molecule has 0 radical (unpaired) electrons. The van der Waals surface area contributed by atoms with Crippen LogP contribution >= 0.6 is 0 Å². The Hall–Kier alpha value is -2.64. The zero-order valence-corrected chi connectivity index (χ0v) is 9.34. The number of hydrogen-bond donors (Lipinski definition) is 3. The van der Waals surface area contributed by atoms with E-state index in [2.05, 4.69) is 20.4 Å². The van der Waals surface area contributed by atoms with Crippen molar-refractivity contribution in [2.24, 2.45) is 0 Å². The fourth-order valence-electron chi connectivity index (χ4n) is 1.35. The third-order valence-electron chi connectivity index (χ3n) is 2.22. The van der Waals surface area contributed by atoms with Crippen LogP contribution in [0.1, 0.15) is 5.69 Å². The number of carbonyl (C=O) groups excluding carboxylic acids is 1. The van der Waals surface area contributed by atoms with E-state index < -0.39 is 11.1 Å². The molecule has 3 N–H and O–H groups in total. The van der Waals surface area contributed by atoms with Crippen LogP contribution in [0, 0.1) is 0 Å². The Morgan fingerprint density at radius 3 is 2.94 bits per heavy atom. The lowest BCUT2D eigenvalue weighted by atomic mass is 10.4. The van der Waals surface area contributed by atoms with Crippen LogP contribution < -0.4 is 16.4 Å². The first-order valence-corrected chi connectivity index (χ1v) is 5.19. The second-order valence-corrected chi connectivity index (χ2v) is 3.59. The van der Waals surface area contributed by atoms with Crippen molar-refractivity contribution in [1.82, 2.24) is 25.1 Å². The van der Waals surface area contributed by atoms with E-state index in [1.165, 1.54) is 6.33 Å². The summed E-state index contributed by atoms with van der Waals surface area (Å²) in [6.07, 6.45) is 3.08. The molecule has 0 fully saturated rings. The fraction of sp³-hybridized carbons (Fsp3) is 0.200. The zero-order valence-electron chi connectivity index (χ0n) is 9.34. The molecule has 2 rings (SSSR count). The number of hydrogen-bond acceptors (Lipinski definition) is 4. The monoisotopic (exact) mass is 249 g/mol. The molecular formula is C10H11N5O3. The maximum Gasteiger partial charge on any atom is 0.265 e. The van der Waals surface area contributed by atoms with Crippen LogP contribution in [0.2, 0.25) is 0 Å². The van der Waals surface area contributed by atoms with Crippen LogP contribution in [-0.4, -0.2) is 25.7 Å². The van der Waals surface area contributed by atoms with Crippen LogP contribution in [0.25, 0.3) is 0 Å². The first-order valence-electron chi connectivity index (χ1n) is 5.19. The van der Waals surface area contributed by atoms with Crippen LogP contribution in [0.15, 0.2) is 34.2 Å². The van der Waals surface area contributed by atoms with Crippen LogP contribution in [0.5, 0.6) is 0 Å². The Morgan fingerprint density at radius 2 is 2.22 bits per heavy atom. The maximum atomic E-state index is 11.5. The summed E-state index contributed by atoms with van der Waals surface area (Å²) in [6.45, 7) is 0.0493. The molecule has 0 bridgehead atoms. The number of H-pyrrole nitrogens is 2. The highest BCUT2D eigenvalue weighted by molar-refractivity contribution is 5.75. The van der Waals surface area contributed by atoms with Gasteiger partial charge in [-0.25, -0.2) is 9.67 Å².